The fraction of sp³-hybridized carbons (Fsp3) is 0.294. The summed E-state index contributed by atoms with van der Waals surface area (Å²) < 4.78 is 20.9. The molecule has 1 aromatic carbocycles. The Morgan fingerprint density at radius 1 is 1.30 bits per heavy atom. The Labute approximate surface area is 133 Å². The van der Waals surface area contributed by atoms with E-state index in [0.29, 0.717) is 26.3 Å². The summed E-state index contributed by atoms with van der Waals surface area (Å²) in [7, 11) is 0. The van der Waals surface area contributed by atoms with Crippen molar-refractivity contribution in [2.45, 2.75) is 6.92 Å². The minimum absolute atomic E-state index is 0.193. The van der Waals surface area contributed by atoms with Crippen LogP contribution in [-0.4, -0.2) is 41.7 Å². The third kappa shape index (κ3) is 2.83. The molecule has 0 unspecified atom stereocenters. The van der Waals surface area contributed by atoms with Crippen LogP contribution in [0.15, 0.2) is 30.5 Å². The van der Waals surface area contributed by atoms with Crippen molar-refractivity contribution in [2.24, 2.45) is 0 Å². The Morgan fingerprint density at radius 2 is 2.04 bits per heavy atom. The molecule has 3 rings (SSSR count). The lowest BCUT2D eigenvalue weighted by Gasteiger charge is -2.27. The van der Waals surface area contributed by atoms with Crippen molar-refractivity contribution in [1.29, 1.82) is 5.26 Å². The molecule has 23 heavy (non-hydrogen) atoms. The summed E-state index contributed by atoms with van der Waals surface area (Å²) in [4.78, 5) is 14.4. The van der Waals surface area contributed by atoms with Crippen molar-refractivity contribution in [3.63, 3.8) is 0 Å². The first-order valence-electron chi connectivity index (χ1n) is 7.37. The molecule has 1 amide bonds. The van der Waals surface area contributed by atoms with E-state index < -0.39 is 5.82 Å². The van der Waals surface area contributed by atoms with Gasteiger partial charge in [-0.25, -0.2) is 4.39 Å². The molecule has 1 saturated heterocycles. The molecule has 0 aliphatic carbocycles. The molecule has 0 radical (unpaired) electrons. The molecule has 1 aliphatic heterocycles. The average Bonchev–Trinajstić information content (AvgIpc) is 3.01. The Balaban J connectivity index is 2.09. The van der Waals surface area contributed by atoms with E-state index in [1.807, 2.05) is 13.0 Å². The predicted molar refractivity (Wildman–Crippen MR) is 81.9 cm³/mol. The number of carbonyl (C=O) groups is 1. The number of aromatic nitrogens is 1. The molecule has 1 fully saturated rings. The fourth-order valence-corrected chi connectivity index (χ4v) is 2.67. The quantitative estimate of drug-likeness (QED) is 0.854. The number of rotatable bonds is 2. The number of amides is 1. The number of benzene rings is 1. The maximum Gasteiger partial charge on any atom is 0.272 e. The molecule has 2 aromatic rings. The predicted octanol–water partition coefficient (Wildman–Crippen LogP) is 2.27. The van der Waals surface area contributed by atoms with Crippen LogP contribution in [-0.2, 0) is 4.74 Å². The molecule has 6 heteroatoms. The summed E-state index contributed by atoms with van der Waals surface area (Å²) in [5, 5.41) is 9.30. The van der Waals surface area contributed by atoms with Crippen LogP contribution in [0.3, 0.4) is 0 Å². The van der Waals surface area contributed by atoms with Crippen LogP contribution in [0.1, 0.15) is 21.6 Å². The van der Waals surface area contributed by atoms with Gasteiger partial charge in [0.15, 0.2) is 0 Å². The van der Waals surface area contributed by atoms with Crippen molar-refractivity contribution in [3.05, 3.63) is 53.1 Å². The molecule has 1 aliphatic rings. The number of nitrogens with zero attached hydrogens (tertiary/aromatic N) is 3. The van der Waals surface area contributed by atoms with Gasteiger partial charge >= 0.3 is 0 Å². The summed E-state index contributed by atoms with van der Waals surface area (Å²) in [6.45, 7) is 3.71. The van der Waals surface area contributed by atoms with Crippen LogP contribution in [0.5, 0.6) is 0 Å². The number of hydrogen-bond donors (Lipinski definition) is 0. The van der Waals surface area contributed by atoms with Crippen molar-refractivity contribution in [1.82, 2.24) is 9.47 Å². The zero-order valence-electron chi connectivity index (χ0n) is 12.8. The van der Waals surface area contributed by atoms with Crippen molar-refractivity contribution >= 4 is 5.91 Å². The highest BCUT2D eigenvalue weighted by atomic mass is 19.1. The van der Waals surface area contributed by atoms with Crippen molar-refractivity contribution in [2.75, 3.05) is 26.3 Å². The summed E-state index contributed by atoms with van der Waals surface area (Å²) >= 11 is 0. The number of halogens is 1. The van der Waals surface area contributed by atoms with Crippen LogP contribution < -0.4 is 0 Å². The first kappa shape index (κ1) is 15.3. The summed E-state index contributed by atoms with van der Waals surface area (Å²) in [5.41, 5.74) is 1.57. The molecule has 2 heterocycles. The van der Waals surface area contributed by atoms with Gasteiger partial charge < -0.3 is 14.2 Å². The second-order valence-corrected chi connectivity index (χ2v) is 5.42. The Kier molecular flexibility index (Phi) is 4.13. The summed E-state index contributed by atoms with van der Waals surface area (Å²) in [6, 6.07) is 8.24. The van der Waals surface area contributed by atoms with Crippen molar-refractivity contribution < 1.29 is 13.9 Å². The molecule has 0 bridgehead atoms. The lowest BCUT2D eigenvalue weighted by molar-refractivity contribution is 0.0297. The normalized spacial score (nSPS) is 14.6. The molecule has 0 spiro atoms. The van der Waals surface area contributed by atoms with Gasteiger partial charge in [0.05, 0.1) is 24.5 Å². The molecule has 0 saturated carbocycles. The van der Waals surface area contributed by atoms with Gasteiger partial charge in [0.2, 0.25) is 0 Å². The number of nitriles is 1. The minimum atomic E-state index is -0.438. The number of carbonyl (C=O) groups excluding carboxylic acids is 1. The first-order valence-corrected chi connectivity index (χ1v) is 7.37. The number of aryl methyl sites for hydroxylation is 1. The number of morpholine rings is 1. The van der Waals surface area contributed by atoms with Gasteiger partial charge in [-0.2, -0.15) is 5.26 Å². The fourth-order valence-electron chi connectivity index (χ4n) is 2.67. The van der Waals surface area contributed by atoms with Crippen molar-refractivity contribution in [3.8, 4) is 11.8 Å². The molecular formula is C17H16FN3O2. The van der Waals surface area contributed by atoms with E-state index in [0.717, 1.165) is 5.56 Å². The lowest BCUT2D eigenvalue weighted by atomic mass is 10.2. The molecular weight excluding hydrogens is 297 g/mol. The lowest BCUT2D eigenvalue weighted by Crippen LogP contribution is -2.41. The van der Waals surface area contributed by atoms with Gasteiger partial charge in [-0.3, -0.25) is 4.79 Å². The molecule has 5 nitrogen and oxygen atoms in total. The smallest absolute Gasteiger partial charge is 0.272 e. The largest absolute Gasteiger partial charge is 0.378 e. The monoisotopic (exact) mass is 313 g/mol. The SMILES string of the molecule is Cc1ccc(F)c(-n2ccc(C#N)c2C(=O)N2CCOCC2)c1. The minimum Gasteiger partial charge on any atom is -0.378 e. The molecule has 1 aromatic heterocycles. The van der Waals surface area contributed by atoms with E-state index in [2.05, 4.69) is 0 Å². The third-order valence-electron chi connectivity index (χ3n) is 3.87. The van der Waals surface area contributed by atoms with Gasteiger partial charge in [0, 0.05) is 19.3 Å². The van der Waals surface area contributed by atoms with E-state index in [4.69, 9.17) is 4.74 Å². The van der Waals surface area contributed by atoms with E-state index in [-0.39, 0.29) is 22.9 Å². The molecule has 0 N–H and O–H groups in total. The maximum atomic E-state index is 14.2. The average molecular weight is 313 g/mol. The Bertz CT molecular complexity index is 786. The van der Waals surface area contributed by atoms with E-state index in [1.165, 1.54) is 16.7 Å². The first-order chi connectivity index (χ1) is 11.1. The van der Waals surface area contributed by atoms with E-state index >= 15 is 0 Å². The van der Waals surface area contributed by atoms with Crippen LogP contribution in [0.25, 0.3) is 5.69 Å². The van der Waals surface area contributed by atoms with Crippen LogP contribution in [0, 0.1) is 24.1 Å². The second kappa shape index (κ2) is 6.23. The zero-order chi connectivity index (χ0) is 16.4. The highest BCUT2D eigenvalue weighted by Crippen LogP contribution is 2.22. The Morgan fingerprint density at radius 3 is 2.74 bits per heavy atom. The Hall–Kier alpha value is -2.65. The summed E-state index contributed by atoms with van der Waals surface area (Å²) in [5.74, 6) is -0.720. The van der Waals surface area contributed by atoms with Gasteiger partial charge in [-0.15, -0.1) is 0 Å². The van der Waals surface area contributed by atoms with E-state index in [9.17, 15) is 14.4 Å². The van der Waals surface area contributed by atoms with Crippen LogP contribution >= 0.6 is 0 Å². The standard InChI is InChI=1S/C17H16FN3O2/c1-12-2-3-14(18)15(10-12)21-5-4-13(11-19)16(21)17(22)20-6-8-23-9-7-20/h2-5,10H,6-9H2,1H3. The maximum absolute atomic E-state index is 14.2. The van der Waals surface area contributed by atoms with Crippen LogP contribution in [0.2, 0.25) is 0 Å². The number of ether oxygens (including phenoxy) is 1. The zero-order valence-corrected chi connectivity index (χ0v) is 12.8. The second-order valence-electron chi connectivity index (χ2n) is 5.42. The highest BCUT2D eigenvalue weighted by molar-refractivity contribution is 5.96. The topological polar surface area (TPSA) is 58.3 Å². The molecule has 0 atom stereocenters. The van der Waals surface area contributed by atoms with Gasteiger partial charge in [-0.1, -0.05) is 6.07 Å². The third-order valence-corrected chi connectivity index (χ3v) is 3.87. The van der Waals surface area contributed by atoms with Gasteiger partial charge in [0.1, 0.15) is 17.6 Å². The highest BCUT2D eigenvalue weighted by Gasteiger charge is 2.26. The van der Waals surface area contributed by atoms with E-state index in [1.54, 1.807) is 23.2 Å². The van der Waals surface area contributed by atoms with Crippen LogP contribution in [0.4, 0.5) is 4.39 Å². The van der Waals surface area contributed by atoms with Gasteiger partial charge in [0.25, 0.3) is 5.91 Å². The summed E-state index contributed by atoms with van der Waals surface area (Å²) in [6.07, 6.45) is 1.56. The number of hydrogen-bond acceptors (Lipinski definition) is 3. The van der Waals surface area contributed by atoms with Gasteiger partial charge in [-0.05, 0) is 30.7 Å². The molecule has 118 valence electrons.